The van der Waals surface area contributed by atoms with Gasteiger partial charge in [-0.15, -0.1) is 0 Å². The van der Waals surface area contributed by atoms with Crippen molar-refractivity contribution in [2.24, 2.45) is 0 Å². The predicted molar refractivity (Wildman–Crippen MR) is 79.9 cm³/mol. The maximum absolute atomic E-state index is 9.68. The quantitative estimate of drug-likeness (QED) is 0.769. The number of aliphatic hydroxyl groups excluding tert-OH is 1. The zero-order valence-corrected chi connectivity index (χ0v) is 13.3. The third-order valence-electron chi connectivity index (χ3n) is 2.89. The summed E-state index contributed by atoms with van der Waals surface area (Å²) in [4.78, 5) is 0. The van der Waals surface area contributed by atoms with Gasteiger partial charge < -0.3 is 19.9 Å². The lowest BCUT2D eigenvalue weighted by Crippen LogP contribution is -2.26. The van der Waals surface area contributed by atoms with Gasteiger partial charge in [-0.2, -0.15) is 0 Å². The summed E-state index contributed by atoms with van der Waals surface area (Å²) < 4.78 is 11.5. The zero-order valence-electron chi connectivity index (χ0n) is 11.7. The summed E-state index contributed by atoms with van der Waals surface area (Å²) in [5, 5.41) is 12.9. The molecule has 0 radical (unpaired) electrons. The molecular formula is C14H22BrNO3. The molecule has 5 heteroatoms. The van der Waals surface area contributed by atoms with Crippen LogP contribution in [0.15, 0.2) is 16.6 Å². The van der Waals surface area contributed by atoms with Crippen LogP contribution >= 0.6 is 15.9 Å². The second kappa shape index (κ2) is 8.40. The minimum absolute atomic E-state index is 0.298. The Kier molecular flexibility index (Phi) is 7.20. The molecule has 0 spiro atoms. The molecule has 1 atom stereocenters. The summed E-state index contributed by atoms with van der Waals surface area (Å²) in [5.41, 5.74) is 1.02. The first kappa shape index (κ1) is 16.3. The van der Waals surface area contributed by atoms with E-state index in [4.69, 9.17) is 9.47 Å². The van der Waals surface area contributed by atoms with Gasteiger partial charge >= 0.3 is 0 Å². The van der Waals surface area contributed by atoms with Crippen LogP contribution in [0.3, 0.4) is 0 Å². The highest BCUT2D eigenvalue weighted by Gasteiger charge is 2.11. The Morgan fingerprint density at radius 2 is 2.05 bits per heavy atom. The van der Waals surface area contributed by atoms with Gasteiger partial charge in [0.05, 0.1) is 20.3 Å². The normalized spacial score (nSPS) is 12.3. The number of hydrogen-bond donors (Lipinski definition) is 2. The monoisotopic (exact) mass is 331 g/mol. The van der Waals surface area contributed by atoms with Gasteiger partial charge in [0.2, 0.25) is 0 Å². The van der Waals surface area contributed by atoms with E-state index in [0.29, 0.717) is 13.1 Å². The molecule has 0 heterocycles. The first-order chi connectivity index (χ1) is 9.12. The smallest absolute Gasteiger partial charge is 0.128 e. The van der Waals surface area contributed by atoms with Gasteiger partial charge in [0.15, 0.2) is 0 Å². The van der Waals surface area contributed by atoms with Crippen molar-refractivity contribution in [2.45, 2.75) is 32.4 Å². The highest BCUT2D eigenvalue weighted by atomic mass is 79.9. The van der Waals surface area contributed by atoms with Crippen LogP contribution in [0.4, 0.5) is 0 Å². The Morgan fingerprint density at radius 1 is 1.32 bits per heavy atom. The van der Waals surface area contributed by atoms with E-state index < -0.39 is 0 Å². The third kappa shape index (κ3) is 5.01. The molecule has 0 aliphatic heterocycles. The number of ether oxygens (including phenoxy) is 2. The number of hydrogen-bond acceptors (Lipinski definition) is 4. The minimum Gasteiger partial charge on any atom is -0.497 e. The fourth-order valence-corrected chi connectivity index (χ4v) is 2.42. The van der Waals surface area contributed by atoms with Crippen molar-refractivity contribution in [2.75, 3.05) is 20.8 Å². The molecule has 108 valence electrons. The molecule has 0 amide bonds. The first-order valence-corrected chi connectivity index (χ1v) is 7.20. The van der Waals surface area contributed by atoms with Gasteiger partial charge in [0, 0.05) is 29.2 Å². The molecule has 1 rings (SSSR count). The van der Waals surface area contributed by atoms with Crippen molar-refractivity contribution in [1.29, 1.82) is 0 Å². The van der Waals surface area contributed by atoms with Crippen LogP contribution in [0.25, 0.3) is 0 Å². The molecule has 0 saturated carbocycles. The summed E-state index contributed by atoms with van der Waals surface area (Å²) in [6.45, 7) is 3.27. The van der Waals surface area contributed by atoms with Crippen LogP contribution < -0.4 is 14.8 Å². The third-order valence-corrected chi connectivity index (χ3v) is 3.59. The molecule has 19 heavy (non-hydrogen) atoms. The average Bonchev–Trinajstić information content (AvgIpc) is 2.40. The minimum atomic E-state index is -0.298. The maximum Gasteiger partial charge on any atom is 0.128 e. The summed E-state index contributed by atoms with van der Waals surface area (Å²) in [7, 11) is 3.26. The molecule has 0 fully saturated rings. The van der Waals surface area contributed by atoms with E-state index in [0.717, 1.165) is 34.4 Å². The fourth-order valence-electron chi connectivity index (χ4n) is 1.86. The first-order valence-electron chi connectivity index (χ1n) is 6.41. The van der Waals surface area contributed by atoms with Crippen LogP contribution in [-0.4, -0.2) is 32.0 Å². The molecule has 0 aliphatic rings. The Morgan fingerprint density at radius 3 is 2.63 bits per heavy atom. The molecule has 0 aromatic heterocycles. The molecule has 0 bridgehead atoms. The topological polar surface area (TPSA) is 50.7 Å². The van der Waals surface area contributed by atoms with Gasteiger partial charge in [0.1, 0.15) is 11.5 Å². The highest BCUT2D eigenvalue weighted by Crippen LogP contribution is 2.32. The molecule has 4 nitrogen and oxygen atoms in total. The number of nitrogens with one attached hydrogen (secondary N) is 1. The Labute approximate surface area is 123 Å². The fraction of sp³-hybridized carbons (Fsp3) is 0.571. The standard InChI is InChI=1S/C14H22BrNO3/c1-4-5-10(17)8-16-9-12-13(15)6-11(18-2)7-14(12)19-3/h6-7,10,16-17H,4-5,8-9H2,1-3H3. The summed E-state index contributed by atoms with van der Waals surface area (Å²) in [6.07, 6.45) is 1.50. The lowest BCUT2D eigenvalue weighted by molar-refractivity contribution is 0.160. The number of rotatable bonds is 8. The maximum atomic E-state index is 9.68. The Bertz CT molecular complexity index is 399. The number of halogens is 1. The van der Waals surface area contributed by atoms with Crippen LogP contribution in [0.2, 0.25) is 0 Å². The van der Waals surface area contributed by atoms with Crippen LogP contribution in [0, 0.1) is 0 Å². The lowest BCUT2D eigenvalue weighted by Gasteiger charge is -2.15. The van der Waals surface area contributed by atoms with E-state index in [-0.39, 0.29) is 6.10 Å². The van der Waals surface area contributed by atoms with E-state index in [9.17, 15) is 5.11 Å². The molecule has 0 aliphatic carbocycles. The Hall–Kier alpha value is -0.780. The van der Waals surface area contributed by atoms with E-state index in [1.165, 1.54) is 0 Å². The molecule has 2 N–H and O–H groups in total. The van der Waals surface area contributed by atoms with Gasteiger partial charge in [-0.1, -0.05) is 29.3 Å². The largest absolute Gasteiger partial charge is 0.497 e. The Balaban J connectivity index is 2.67. The number of benzene rings is 1. The lowest BCUT2D eigenvalue weighted by atomic mass is 10.1. The van der Waals surface area contributed by atoms with Crippen molar-refractivity contribution >= 4 is 15.9 Å². The van der Waals surface area contributed by atoms with Gasteiger partial charge in [0.25, 0.3) is 0 Å². The zero-order chi connectivity index (χ0) is 14.3. The molecule has 1 aromatic carbocycles. The van der Waals surface area contributed by atoms with Crippen molar-refractivity contribution in [1.82, 2.24) is 5.32 Å². The van der Waals surface area contributed by atoms with E-state index >= 15 is 0 Å². The van der Waals surface area contributed by atoms with Crippen LogP contribution in [0.5, 0.6) is 11.5 Å². The van der Waals surface area contributed by atoms with Crippen molar-refractivity contribution in [3.8, 4) is 11.5 Å². The van der Waals surface area contributed by atoms with Gasteiger partial charge in [-0.25, -0.2) is 0 Å². The number of methoxy groups -OCH3 is 2. The van der Waals surface area contributed by atoms with Gasteiger partial charge in [-0.05, 0) is 12.5 Å². The predicted octanol–water partition coefficient (Wildman–Crippen LogP) is 2.72. The second-order valence-electron chi connectivity index (χ2n) is 4.36. The average molecular weight is 332 g/mol. The van der Waals surface area contributed by atoms with E-state index in [1.54, 1.807) is 14.2 Å². The molecule has 1 unspecified atom stereocenters. The van der Waals surface area contributed by atoms with Crippen molar-refractivity contribution in [3.63, 3.8) is 0 Å². The second-order valence-corrected chi connectivity index (χ2v) is 5.22. The van der Waals surface area contributed by atoms with Crippen LogP contribution in [-0.2, 0) is 6.54 Å². The van der Waals surface area contributed by atoms with E-state index in [1.807, 2.05) is 12.1 Å². The van der Waals surface area contributed by atoms with Crippen molar-refractivity contribution in [3.05, 3.63) is 22.2 Å². The molecule has 0 saturated heterocycles. The SMILES string of the molecule is CCCC(O)CNCc1c(Br)cc(OC)cc1OC. The molecular weight excluding hydrogens is 310 g/mol. The van der Waals surface area contributed by atoms with Crippen molar-refractivity contribution < 1.29 is 14.6 Å². The summed E-state index contributed by atoms with van der Waals surface area (Å²) in [5.74, 6) is 1.52. The van der Waals surface area contributed by atoms with Crippen LogP contribution in [0.1, 0.15) is 25.3 Å². The highest BCUT2D eigenvalue weighted by molar-refractivity contribution is 9.10. The summed E-state index contributed by atoms with van der Waals surface area (Å²) in [6, 6.07) is 3.76. The van der Waals surface area contributed by atoms with E-state index in [2.05, 4.69) is 28.2 Å². The summed E-state index contributed by atoms with van der Waals surface area (Å²) >= 11 is 3.52. The molecule has 1 aromatic rings. The van der Waals surface area contributed by atoms with Gasteiger partial charge in [-0.3, -0.25) is 0 Å². The number of aliphatic hydroxyl groups is 1.